The van der Waals surface area contributed by atoms with Gasteiger partial charge in [-0.25, -0.2) is 0 Å². The molecule has 12 rings (SSSR count). The van der Waals surface area contributed by atoms with Crippen LogP contribution in [-0.2, 0) is 26.7 Å². The molecule has 0 saturated heterocycles. The molecular formula is C47H28N4OPt. The molecule has 5 nitrogen and oxygen atoms in total. The zero-order valence-electron chi connectivity index (χ0n) is 28.2. The Morgan fingerprint density at radius 2 is 0.830 bits per heavy atom. The van der Waals surface area contributed by atoms with E-state index in [1.165, 1.54) is 43.8 Å². The zero-order chi connectivity index (χ0) is 34.0. The van der Waals surface area contributed by atoms with Gasteiger partial charge in [-0.15, -0.1) is 61.1 Å². The summed E-state index contributed by atoms with van der Waals surface area (Å²) in [5.74, 6) is 1.25. The zero-order valence-corrected chi connectivity index (χ0v) is 30.5. The van der Waals surface area contributed by atoms with Gasteiger partial charge < -0.3 is 24.3 Å². The van der Waals surface area contributed by atoms with Crippen molar-refractivity contribution in [2.45, 2.75) is 5.66 Å². The Labute approximate surface area is 322 Å². The van der Waals surface area contributed by atoms with Gasteiger partial charge in [-0.3, -0.25) is 0 Å². The molecule has 0 atom stereocenters. The van der Waals surface area contributed by atoms with Crippen molar-refractivity contribution in [2.75, 3.05) is 19.6 Å². The summed E-state index contributed by atoms with van der Waals surface area (Å²) in [6.45, 7) is 4.54. The number of rotatable bonds is 0. The van der Waals surface area contributed by atoms with E-state index in [0.717, 1.165) is 34.1 Å². The largest absolute Gasteiger partial charge is 4.00 e. The van der Waals surface area contributed by atoms with Gasteiger partial charge in [0.2, 0.25) is 0 Å². The fourth-order valence-corrected chi connectivity index (χ4v) is 8.80. The number of anilines is 6. The van der Waals surface area contributed by atoms with Crippen LogP contribution >= 0.6 is 0 Å². The van der Waals surface area contributed by atoms with E-state index in [4.69, 9.17) is 4.74 Å². The van der Waals surface area contributed by atoms with Gasteiger partial charge in [0.1, 0.15) is 5.66 Å². The minimum Gasteiger partial charge on any atom is -0.509 e. The van der Waals surface area contributed by atoms with Crippen molar-refractivity contribution in [2.24, 2.45) is 0 Å². The smallest absolute Gasteiger partial charge is 0.509 e. The van der Waals surface area contributed by atoms with Gasteiger partial charge >= 0.3 is 21.1 Å². The molecule has 252 valence electrons. The van der Waals surface area contributed by atoms with Crippen LogP contribution < -0.4 is 24.3 Å². The summed E-state index contributed by atoms with van der Waals surface area (Å²) < 4.78 is 6.50. The molecule has 0 saturated carbocycles. The fourth-order valence-electron chi connectivity index (χ4n) is 8.80. The molecule has 4 aliphatic rings. The van der Waals surface area contributed by atoms with Crippen molar-refractivity contribution in [3.63, 3.8) is 0 Å². The number of benzene rings is 8. The molecule has 0 radical (unpaired) electrons. The first-order valence-corrected chi connectivity index (χ1v) is 17.6. The summed E-state index contributed by atoms with van der Waals surface area (Å²) >= 11 is 0. The molecule has 8 aromatic rings. The van der Waals surface area contributed by atoms with Crippen molar-refractivity contribution < 1.29 is 25.8 Å². The summed E-state index contributed by atoms with van der Waals surface area (Å²) in [7, 11) is 0. The first-order chi connectivity index (χ1) is 25.7. The van der Waals surface area contributed by atoms with Crippen molar-refractivity contribution in [1.82, 2.24) is 0 Å². The number of hydrogen-bond acceptors (Lipinski definition) is 5. The van der Waals surface area contributed by atoms with Gasteiger partial charge in [-0.1, -0.05) is 97.1 Å². The van der Waals surface area contributed by atoms with E-state index in [2.05, 4.69) is 179 Å². The van der Waals surface area contributed by atoms with Crippen LogP contribution in [0.1, 0.15) is 11.1 Å². The second-order valence-electron chi connectivity index (χ2n) is 13.8. The average Bonchev–Trinajstić information content (AvgIpc) is 3.84. The molecule has 6 heteroatoms. The normalized spacial score (nSPS) is 15.4. The van der Waals surface area contributed by atoms with E-state index in [-0.39, 0.29) is 21.1 Å². The van der Waals surface area contributed by atoms with E-state index >= 15 is 0 Å². The van der Waals surface area contributed by atoms with Crippen molar-refractivity contribution >= 4 is 55.7 Å². The second kappa shape index (κ2) is 11.2. The molecule has 3 heterocycles. The molecule has 3 aliphatic heterocycles. The third kappa shape index (κ3) is 4.17. The van der Waals surface area contributed by atoms with E-state index in [1.54, 1.807) is 0 Å². The SMILES string of the molecule is [Pt+4].[c-]1c2cccc1N1[CH-]N(c3cc4ccccc4cc31)C1(c3ccccc3-c3ccccc31)N1[CH-]N(c3[c-]c(ccc3)O2)c2cc3ccccc3cc21. The third-order valence-electron chi connectivity index (χ3n) is 11.0. The number of nitrogens with zero attached hydrogens (tertiary/aromatic N) is 4. The van der Waals surface area contributed by atoms with Gasteiger partial charge in [0, 0.05) is 45.4 Å². The first-order valence-electron chi connectivity index (χ1n) is 17.6. The molecule has 0 unspecified atom stereocenters. The first kappa shape index (κ1) is 30.6. The Kier molecular flexibility index (Phi) is 6.48. The summed E-state index contributed by atoms with van der Waals surface area (Å²) in [5, 5.41) is 4.71. The molecule has 8 aromatic carbocycles. The quantitative estimate of drug-likeness (QED) is 0.141. The van der Waals surface area contributed by atoms with Crippen molar-refractivity contribution in [3.8, 4) is 22.6 Å². The van der Waals surface area contributed by atoms with Crippen LogP contribution in [0.3, 0.4) is 0 Å². The summed E-state index contributed by atoms with van der Waals surface area (Å²) in [6, 6.07) is 63.8. The maximum atomic E-state index is 6.50. The second-order valence-corrected chi connectivity index (χ2v) is 13.8. The Morgan fingerprint density at radius 3 is 1.28 bits per heavy atom. The van der Waals surface area contributed by atoms with Crippen LogP contribution in [0, 0.1) is 25.5 Å². The van der Waals surface area contributed by atoms with E-state index in [9.17, 15) is 0 Å². The van der Waals surface area contributed by atoms with Gasteiger partial charge in [0.25, 0.3) is 0 Å². The van der Waals surface area contributed by atoms with E-state index in [1.807, 2.05) is 24.3 Å². The predicted molar refractivity (Wildman–Crippen MR) is 209 cm³/mol. The Hall–Kier alpha value is -6.03. The average molecular weight is 860 g/mol. The summed E-state index contributed by atoms with van der Waals surface area (Å²) in [5.41, 5.74) is 10.1. The molecular weight excluding hydrogens is 832 g/mol. The van der Waals surface area contributed by atoms with E-state index < -0.39 is 5.66 Å². The van der Waals surface area contributed by atoms with Crippen LogP contribution in [-0.4, -0.2) is 0 Å². The predicted octanol–water partition coefficient (Wildman–Crippen LogP) is 11.4. The molecule has 8 bridgehead atoms. The number of hydrogen-bond donors (Lipinski definition) is 0. The van der Waals surface area contributed by atoms with Gasteiger partial charge in [0.15, 0.2) is 0 Å². The maximum Gasteiger partial charge on any atom is 4.00 e. The third-order valence-corrected chi connectivity index (χ3v) is 11.0. The van der Waals surface area contributed by atoms with Gasteiger partial charge in [-0.05, 0) is 56.9 Å². The molecule has 1 aliphatic carbocycles. The maximum absolute atomic E-state index is 6.50. The van der Waals surface area contributed by atoms with Crippen LogP contribution in [0.5, 0.6) is 11.5 Å². The Balaban J connectivity index is 0.00000331. The molecule has 0 aromatic heterocycles. The molecule has 0 N–H and O–H groups in total. The molecule has 0 amide bonds. The minimum absolute atomic E-state index is 0. The minimum atomic E-state index is -0.832. The summed E-state index contributed by atoms with van der Waals surface area (Å²) in [6.07, 6.45) is 0. The molecule has 1 spiro atoms. The number of fused-ring (bicyclic) bond motifs is 25. The summed E-state index contributed by atoms with van der Waals surface area (Å²) in [4.78, 5) is 9.51. The topological polar surface area (TPSA) is 22.2 Å². The van der Waals surface area contributed by atoms with Crippen molar-refractivity contribution in [3.05, 3.63) is 194 Å². The monoisotopic (exact) mass is 859 g/mol. The fraction of sp³-hybridized carbons (Fsp3) is 0.0213. The molecule has 53 heavy (non-hydrogen) atoms. The van der Waals surface area contributed by atoms with Crippen LogP contribution in [0.25, 0.3) is 32.7 Å². The van der Waals surface area contributed by atoms with Crippen LogP contribution in [0.2, 0.25) is 0 Å². The standard InChI is InChI=1S/C47H28N4O.Pt/c1-3-13-33-25-45-43(23-31(33)11-1)48-29-50(45)47(41-21-7-5-19-39(41)40-20-6-8-22-42(40)47)51-30-49(44-24-32-12-2-4-14-34(32)26-46(44)51)36-16-10-18-38(28-36)52-37-17-9-15-35(48)27-37;/h1-26,29-30H;/q-4;+4. The Morgan fingerprint density at radius 1 is 0.434 bits per heavy atom. The Bertz CT molecular complexity index is 2610. The van der Waals surface area contributed by atoms with Crippen molar-refractivity contribution in [1.29, 1.82) is 0 Å². The van der Waals surface area contributed by atoms with Crippen LogP contribution in [0.15, 0.2) is 158 Å². The van der Waals surface area contributed by atoms with Crippen LogP contribution in [0.4, 0.5) is 34.1 Å². The van der Waals surface area contributed by atoms with Gasteiger partial charge in [-0.2, -0.15) is 12.1 Å². The van der Waals surface area contributed by atoms with E-state index in [0.29, 0.717) is 11.5 Å². The number of ether oxygens (including phenoxy) is 1. The van der Waals surface area contributed by atoms with Gasteiger partial charge in [0.05, 0.1) is 0 Å². The molecule has 0 fully saturated rings.